The van der Waals surface area contributed by atoms with Crippen LogP contribution >= 0.6 is 0 Å². The molecule has 19 heavy (non-hydrogen) atoms. The summed E-state index contributed by atoms with van der Waals surface area (Å²) in [7, 11) is 0. The van der Waals surface area contributed by atoms with E-state index >= 15 is 0 Å². The Balaban J connectivity index is 2.10. The van der Waals surface area contributed by atoms with Crippen molar-refractivity contribution in [2.75, 3.05) is 5.32 Å². The maximum absolute atomic E-state index is 12.5. The third kappa shape index (κ3) is 3.40. The lowest BCUT2D eigenvalue weighted by Gasteiger charge is -2.11. The van der Waals surface area contributed by atoms with E-state index in [0.717, 1.165) is 12.1 Å². The van der Waals surface area contributed by atoms with Gasteiger partial charge in [0, 0.05) is 17.8 Å². The van der Waals surface area contributed by atoms with E-state index in [1.807, 2.05) is 0 Å². The van der Waals surface area contributed by atoms with Gasteiger partial charge in [0.25, 0.3) is 0 Å². The average Bonchev–Trinajstić information content (AvgIpc) is 2.37. The molecule has 0 amide bonds. The van der Waals surface area contributed by atoms with E-state index in [4.69, 9.17) is 0 Å². The largest absolute Gasteiger partial charge is 0.508 e. The van der Waals surface area contributed by atoms with Gasteiger partial charge in [-0.1, -0.05) is 24.3 Å². The maximum Gasteiger partial charge on any atom is 0.416 e. The van der Waals surface area contributed by atoms with Crippen LogP contribution in [0.25, 0.3) is 0 Å². The molecular formula is C14H12F3NO. The SMILES string of the molecule is Oc1ccccc1CNc1cccc(C(F)(F)F)c1. The molecule has 0 fully saturated rings. The van der Waals surface area contributed by atoms with Crippen molar-refractivity contribution in [1.82, 2.24) is 0 Å². The zero-order valence-electron chi connectivity index (χ0n) is 9.91. The molecule has 2 rings (SSSR count). The predicted molar refractivity (Wildman–Crippen MR) is 66.9 cm³/mol. The van der Waals surface area contributed by atoms with Crippen LogP contribution in [0.2, 0.25) is 0 Å². The average molecular weight is 267 g/mol. The molecule has 0 saturated carbocycles. The van der Waals surface area contributed by atoms with Crippen LogP contribution in [0.4, 0.5) is 18.9 Å². The van der Waals surface area contributed by atoms with Crippen molar-refractivity contribution in [1.29, 1.82) is 0 Å². The van der Waals surface area contributed by atoms with Crippen molar-refractivity contribution in [3.63, 3.8) is 0 Å². The summed E-state index contributed by atoms with van der Waals surface area (Å²) in [6.45, 7) is 0.258. The summed E-state index contributed by atoms with van der Waals surface area (Å²) in [4.78, 5) is 0. The first-order chi connectivity index (χ1) is 8.97. The van der Waals surface area contributed by atoms with Gasteiger partial charge in [-0.3, -0.25) is 0 Å². The number of anilines is 1. The molecule has 2 nitrogen and oxygen atoms in total. The Morgan fingerprint density at radius 1 is 1.00 bits per heavy atom. The molecule has 0 aliphatic heterocycles. The first-order valence-electron chi connectivity index (χ1n) is 5.65. The molecule has 2 aromatic rings. The highest BCUT2D eigenvalue weighted by Gasteiger charge is 2.30. The fraction of sp³-hybridized carbons (Fsp3) is 0.143. The quantitative estimate of drug-likeness (QED) is 0.880. The molecule has 100 valence electrons. The van der Waals surface area contributed by atoms with E-state index in [1.54, 1.807) is 24.3 Å². The molecule has 0 spiro atoms. The van der Waals surface area contributed by atoms with Crippen molar-refractivity contribution < 1.29 is 18.3 Å². The number of phenols is 1. The fourth-order valence-electron chi connectivity index (χ4n) is 1.66. The number of alkyl halides is 3. The molecule has 0 unspecified atom stereocenters. The molecule has 0 bridgehead atoms. The molecule has 2 N–H and O–H groups in total. The summed E-state index contributed by atoms with van der Waals surface area (Å²) in [6, 6.07) is 11.6. The van der Waals surface area contributed by atoms with Gasteiger partial charge in [-0.2, -0.15) is 13.2 Å². The van der Waals surface area contributed by atoms with Gasteiger partial charge in [-0.25, -0.2) is 0 Å². The lowest BCUT2D eigenvalue weighted by atomic mass is 10.1. The second-order valence-electron chi connectivity index (χ2n) is 4.06. The number of rotatable bonds is 3. The minimum atomic E-state index is -4.35. The number of halogens is 3. The lowest BCUT2D eigenvalue weighted by Crippen LogP contribution is -2.06. The van der Waals surface area contributed by atoms with E-state index in [9.17, 15) is 18.3 Å². The Morgan fingerprint density at radius 3 is 2.42 bits per heavy atom. The zero-order chi connectivity index (χ0) is 13.9. The number of hydrogen-bond acceptors (Lipinski definition) is 2. The van der Waals surface area contributed by atoms with Crippen molar-refractivity contribution >= 4 is 5.69 Å². The molecule has 0 heterocycles. The Bertz CT molecular complexity index is 567. The molecule has 2 aromatic carbocycles. The van der Waals surface area contributed by atoms with Crippen LogP contribution in [-0.2, 0) is 12.7 Å². The van der Waals surface area contributed by atoms with Gasteiger partial charge in [0.1, 0.15) is 5.75 Å². The highest BCUT2D eigenvalue weighted by molar-refractivity contribution is 5.47. The van der Waals surface area contributed by atoms with Gasteiger partial charge in [-0.05, 0) is 24.3 Å². The highest BCUT2D eigenvalue weighted by Crippen LogP contribution is 2.30. The van der Waals surface area contributed by atoms with Gasteiger partial charge >= 0.3 is 6.18 Å². The molecule has 0 aliphatic carbocycles. The van der Waals surface area contributed by atoms with Crippen LogP contribution in [0.15, 0.2) is 48.5 Å². The van der Waals surface area contributed by atoms with Gasteiger partial charge in [0.05, 0.1) is 5.56 Å². The van der Waals surface area contributed by atoms with Crippen molar-refractivity contribution in [3.05, 3.63) is 59.7 Å². The van der Waals surface area contributed by atoms with Gasteiger partial charge in [0.15, 0.2) is 0 Å². The topological polar surface area (TPSA) is 32.3 Å². The van der Waals surface area contributed by atoms with Gasteiger partial charge in [0.2, 0.25) is 0 Å². The van der Waals surface area contributed by atoms with Crippen LogP contribution in [0, 0.1) is 0 Å². The van der Waals surface area contributed by atoms with E-state index < -0.39 is 11.7 Å². The van der Waals surface area contributed by atoms with Crippen molar-refractivity contribution in [2.24, 2.45) is 0 Å². The smallest absolute Gasteiger partial charge is 0.416 e. The zero-order valence-corrected chi connectivity index (χ0v) is 9.91. The molecule has 0 saturated heterocycles. The lowest BCUT2D eigenvalue weighted by molar-refractivity contribution is -0.137. The number of nitrogens with one attached hydrogen (secondary N) is 1. The second kappa shape index (κ2) is 5.22. The summed E-state index contributed by atoms with van der Waals surface area (Å²) in [5.74, 6) is 0.113. The summed E-state index contributed by atoms with van der Waals surface area (Å²) < 4.78 is 37.6. The van der Waals surface area contributed by atoms with E-state index in [-0.39, 0.29) is 12.3 Å². The third-order valence-electron chi connectivity index (χ3n) is 2.66. The standard InChI is InChI=1S/C14H12F3NO/c15-14(16,17)11-5-3-6-12(8-11)18-9-10-4-1-2-7-13(10)19/h1-8,18-19H,9H2. The monoisotopic (exact) mass is 267 g/mol. The van der Waals surface area contributed by atoms with Gasteiger partial charge in [-0.15, -0.1) is 0 Å². The Morgan fingerprint density at radius 2 is 1.74 bits per heavy atom. The maximum atomic E-state index is 12.5. The van der Waals surface area contributed by atoms with Crippen molar-refractivity contribution in [3.8, 4) is 5.75 Å². The normalized spacial score (nSPS) is 11.3. The summed E-state index contributed by atoms with van der Waals surface area (Å²) in [5.41, 5.74) is 0.285. The van der Waals surface area contributed by atoms with Gasteiger partial charge < -0.3 is 10.4 Å². The summed E-state index contributed by atoms with van der Waals surface area (Å²) in [6.07, 6.45) is -4.35. The Hall–Kier alpha value is -2.17. The number of phenolic OH excluding ortho intramolecular Hbond substituents is 1. The molecule has 0 radical (unpaired) electrons. The fourth-order valence-corrected chi connectivity index (χ4v) is 1.66. The van der Waals surface area contributed by atoms with Crippen LogP contribution in [0.3, 0.4) is 0 Å². The molecule has 5 heteroatoms. The second-order valence-corrected chi connectivity index (χ2v) is 4.06. The minimum absolute atomic E-state index is 0.113. The van der Waals surface area contributed by atoms with Crippen LogP contribution in [0.1, 0.15) is 11.1 Å². The van der Waals surface area contributed by atoms with E-state index in [1.165, 1.54) is 12.1 Å². The van der Waals surface area contributed by atoms with Crippen LogP contribution in [0.5, 0.6) is 5.75 Å². The number of hydrogen-bond donors (Lipinski definition) is 2. The van der Waals surface area contributed by atoms with Crippen molar-refractivity contribution in [2.45, 2.75) is 12.7 Å². The van der Waals surface area contributed by atoms with Crippen LogP contribution < -0.4 is 5.32 Å². The summed E-state index contributed by atoms with van der Waals surface area (Å²) in [5, 5.41) is 12.4. The third-order valence-corrected chi connectivity index (χ3v) is 2.66. The number of aromatic hydroxyl groups is 1. The van der Waals surface area contributed by atoms with E-state index in [0.29, 0.717) is 11.3 Å². The van der Waals surface area contributed by atoms with Crippen LogP contribution in [-0.4, -0.2) is 5.11 Å². The summed E-state index contributed by atoms with van der Waals surface area (Å²) >= 11 is 0. The molecule has 0 aliphatic rings. The minimum Gasteiger partial charge on any atom is -0.508 e. The molecule has 0 aromatic heterocycles. The number of para-hydroxylation sites is 1. The Labute approximate surface area is 108 Å². The highest BCUT2D eigenvalue weighted by atomic mass is 19.4. The molecular weight excluding hydrogens is 255 g/mol. The molecule has 0 atom stereocenters. The predicted octanol–water partition coefficient (Wildman–Crippen LogP) is 4.02. The van der Waals surface area contributed by atoms with E-state index in [2.05, 4.69) is 5.32 Å². The first-order valence-corrected chi connectivity index (χ1v) is 5.65. The first kappa shape index (κ1) is 13.3. The number of benzene rings is 2. The Kier molecular flexibility index (Phi) is 3.64.